The van der Waals surface area contributed by atoms with Gasteiger partial charge in [-0.05, 0) is 49.2 Å². The summed E-state index contributed by atoms with van der Waals surface area (Å²) in [4.78, 5) is 2.34. The highest BCUT2D eigenvalue weighted by Crippen LogP contribution is 2.42. The number of anilines is 2. The molecule has 2 nitrogen and oxygen atoms in total. The van der Waals surface area contributed by atoms with Crippen LogP contribution in [0.15, 0.2) is 36.4 Å². The zero-order chi connectivity index (χ0) is 28.8. The summed E-state index contributed by atoms with van der Waals surface area (Å²) in [5.41, 5.74) is -7.02. The topological polar surface area (TPSA) is 6.48 Å². The number of likely N-dealkylation sites (N-methyl/N-ethyl adjacent to an activating group) is 2. The quantitative estimate of drug-likeness (QED) is 0.342. The van der Waals surface area contributed by atoms with E-state index in [0.29, 0.717) is 37.1 Å². The average molecular weight is 566 g/mol. The Morgan fingerprint density at radius 1 is 0.474 bits per heavy atom. The molecule has 0 spiro atoms. The molecule has 0 bridgehead atoms. The van der Waals surface area contributed by atoms with E-state index in [2.05, 4.69) is 0 Å². The SMILES string of the molecule is CN(c1cc(C(F)(F)F)cc(C(F)(F)F)c1)[C@H]1CCCC[C@@H]1N(C)c1cc(C(F)(F)F)cc(C(F)(F)F)c1. The number of hydrogen-bond donors (Lipinski definition) is 0. The Morgan fingerprint density at radius 3 is 0.921 bits per heavy atom. The number of hydrogen-bond acceptors (Lipinski definition) is 2. The molecule has 38 heavy (non-hydrogen) atoms. The van der Waals surface area contributed by atoms with Gasteiger partial charge in [0, 0.05) is 37.6 Å². The van der Waals surface area contributed by atoms with Crippen molar-refractivity contribution >= 4 is 11.4 Å². The van der Waals surface area contributed by atoms with Gasteiger partial charge in [-0.2, -0.15) is 52.7 Å². The second kappa shape index (κ2) is 10.1. The van der Waals surface area contributed by atoms with Gasteiger partial charge in [0.15, 0.2) is 0 Å². The highest BCUT2D eigenvalue weighted by atomic mass is 19.4. The summed E-state index contributed by atoms with van der Waals surface area (Å²) >= 11 is 0. The number of benzene rings is 2. The predicted molar refractivity (Wildman–Crippen MR) is 116 cm³/mol. The minimum atomic E-state index is -5.09. The molecule has 1 saturated carbocycles. The molecule has 212 valence electrons. The summed E-state index contributed by atoms with van der Waals surface area (Å²) in [6.45, 7) is 0. The van der Waals surface area contributed by atoms with Crippen molar-refractivity contribution < 1.29 is 52.7 Å². The number of halogens is 12. The molecule has 1 fully saturated rings. The molecule has 0 saturated heterocycles. The van der Waals surface area contributed by atoms with Crippen molar-refractivity contribution in [3.8, 4) is 0 Å². The first-order valence-corrected chi connectivity index (χ1v) is 11.2. The summed E-state index contributed by atoms with van der Waals surface area (Å²) < 4.78 is 160. The van der Waals surface area contributed by atoms with Crippen molar-refractivity contribution in [2.75, 3.05) is 23.9 Å². The van der Waals surface area contributed by atoms with Crippen LogP contribution in [0.1, 0.15) is 47.9 Å². The Labute approximate surface area is 209 Å². The molecule has 2 aromatic carbocycles. The maximum atomic E-state index is 13.4. The smallest absolute Gasteiger partial charge is 0.370 e. The van der Waals surface area contributed by atoms with E-state index < -0.39 is 70.4 Å². The molecule has 3 rings (SSSR count). The summed E-state index contributed by atoms with van der Waals surface area (Å²) in [6.07, 6.45) is -18.9. The molecular formula is C24H22F12N2. The lowest BCUT2D eigenvalue weighted by Gasteiger charge is -2.44. The van der Waals surface area contributed by atoms with Crippen LogP contribution in [0.2, 0.25) is 0 Å². The molecule has 0 aromatic heterocycles. The molecule has 1 aliphatic carbocycles. The van der Waals surface area contributed by atoms with Crippen LogP contribution < -0.4 is 9.80 Å². The maximum absolute atomic E-state index is 13.4. The van der Waals surface area contributed by atoms with Crippen LogP contribution in [0.4, 0.5) is 64.1 Å². The molecule has 1 aliphatic rings. The number of nitrogens with zero attached hydrogens (tertiary/aromatic N) is 2. The van der Waals surface area contributed by atoms with Crippen molar-refractivity contribution in [3.63, 3.8) is 0 Å². The fourth-order valence-electron chi connectivity index (χ4n) is 4.66. The molecule has 14 heteroatoms. The monoisotopic (exact) mass is 566 g/mol. The van der Waals surface area contributed by atoms with Crippen molar-refractivity contribution in [1.29, 1.82) is 0 Å². The zero-order valence-electron chi connectivity index (χ0n) is 19.9. The zero-order valence-corrected chi connectivity index (χ0v) is 19.9. The normalized spacial score (nSPS) is 19.4. The first kappa shape index (κ1) is 29.8. The molecule has 2 atom stereocenters. The van der Waals surface area contributed by atoms with Crippen molar-refractivity contribution in [1.82, 2.24) is 0 Å². The van der Waals surface area contributed by atoms with Crippen LogP contribution in [0.5, 0.6) is 0 Å². The third-order valence-electron chi connectivity index (χ3n) is 6.65. The van der Waals surface area contributed by atoms with Gasteiger partial charge in [-0.25, -0.2) is 0 Å². The summed E-state index contributed by atoms with van der Waals surface area (Å²) in [5.74, 6) is 0. The van der Waals surface area contributed by atoms with Crippen LogP contribution in [0.3, 0.4) is 0 Å². The lowest BCUT2D eigenvalue weighted by Crippen LogP contribution is -2.51. The van der Waals surface area contributed by atoms with Gasteiger partial charge in [-0.3, -0.25) is 0 Å². The van der Waals surface area contributed by atoms with Crippen LogP contribution in [0.25, 0.3) is 0 Å². The maximum Gasteiger partial charge on any atom is 0.416 e. The van der Waals surface area contributed by atoms with E-state index >= 15 is 0 Å². The van der Waals surface area contributed by atoms with Crippen LogP contribution >= 0.6 is 0 Å². The largest absolute Gasteiger partial charge is 0.416 e. The van der Waals surface area contributed by atoms with Gasteiger partial charge in [0.25, 0.3) is 0 Å². The molecule has 0 heterocycles. The summed E-state index contributed by atoms with van der Waals surface area (Å²) in [6, 6.07) is 0.454. The van der Waals surface area contributed by atoms with Gasteiger partial charge in [-0.1, -0.05) is 12.8 Å². The lowest BCUT2D eigenvalue weighted by atomic mass is 9.87. The molecule has 2 aromatic rings. The molecule has 0 amide bonds. The Morgan fingerprint density at radius 2 is 0.711 bits per heavy atom. The molecule has 0 radical (unpaired) electrons. The Bertz CT molecular complexity index is 977. The first-order valence-electron chi connectivity index (χ1n) is 11.2. The van der Waals surface area contributed by atoms with Gasteiger partial charge in [0.2, 0.25) is 0 Å². The van der Waals surface area contributed by atoms with E-state index in [1.165, 1.54) is 23.9 Å². The van der Waals surface area contributed by atoms with Gasteiger partial charge in [-0.15, -0.1) is 0 Å². The van der Waals surface area contributed by atoms with Crippen molar-refractivity contribution in [2.24, 2.45) is 0 Å². The number of rotatable bonds is 4. The second-order valence-electron chi connectivity index (χ2n) is 9.17. The third-order valence-corrected chi connectivity index (χ3v) is 6.65. The van der Waals surface area contributed by atoms with Gasteiger partial charge in [0.1, 0.15) is 0 Å². The second-order valence-corrected chi connectivity index (χ2v) is 9.17. The molecule has 0 aliphatic heterocycles. The minimum absolute atomic E-state index is 0.0247. The van der Waals surface area contributed by atoms with E-state index in [4.69, 9.17) is 0 Å². The molecular weight excluding hydrogens is 544 g/mol. The Kier molecular flexibility index (Phi) is 7.88. The van der Waals surface area contributed by atoms with E-state index in [1.54, 1.807) is 0 Å². The highest BCUT2D eigenvalue weighted by molar-refractivity contribution is 5.56. The third kappa shape index (κ3) is 6.60. The summed E-state index contributed by atoms with van der Waals surface area (Å²) in [7, 11) is 2.50. The predicted octanol–water partition coefficient (Wildman–Crippen LogP) is 8.65. The van der Waals surface area contributed by atoms with Crippen molar-refractivity contribution in [2.45, 2.75) is 62.5 Å². The average Bonchev–Trinajstić information content (AvgIpc) is 2.80. The summed E-state index contributed by atoms with van der Waals surface area (Å²) in [5, 5.41) is 0. The molecule has 0 unspecified atom stereocenters. The van der Waals surface area contributed by atoms with Gasteiger partial charge < -0.3 is 9.80 Å². The van der Waals surface area contributed by atoms with E-state index in [1.807, 2.05) is 0 Å². The fourth-order valence-corrected chi connectivity index (χ4v) is 4.66. The van der Waals surface area contributed by atoms with Crippen LogP contribution in [-0.2, 0) is 24.7 Å². The van der Waals surface area contributed by atoms with Gasteiger partial charge >= 0.3 is 24.7 Å². The van der Waals surface area contributed by atoms with Crippen molar-refractivity contribution in [3.05, 3.63) is 58.7 Å². The Hall–Kier alpha value is -2.80. The first-order chi connectivity index (χ1) is 17.2. The fraction of sp³-hybridized carbons (Fsp3) is 0.500. The standard InChI is InChI=1S/C24H22F12N2/c1-37(17-9-13(21(25,26)27)7-14(10-17)22(28,29)30)19-5-3-4-6-20(19)38(2)18-11-15(23(31,32)33)8-16(12-18)24(34,35)36/h7-12,19-20H,3-6H2,1-2H3/t19-,20-/m0/s1. The minimum Gasteiger partial charge on any atom is -0.370 e. The number of alkyl halides is 12. The van der Waals surface area contributed by atoms with Crippen LogP contribution in [0, 0.1) is 0 Å². The highest BCUT2D eigenvalue weighted by Gasteiger charge is 2.41. The molecule has 0 N–H and O–H groups in total. The Balaban J connectivity index is 2.06. The lowest BCUT2D eigenvalue weighted by molar-refractivity contribution is -0.144. The van der Waals surface area contributed by atoms with E-state index in [0.717, 1.165) is 0 Å². The van der Waals surface area contributed by atoms with E-state index in [-0.39, 0.29) is 25.0 Å². The van der Waals surface area contributed by atoms with Crippen LogP contribution in [-0.4, -0.2) is 26.2 Å². The van der Waals surface area contributed by atoms with E-state index in [9.17, 15) is 52.7 Å². The van der Waals surface area contributed by atoms with Gasteiger partial charge in [0.05, 0.1) is 22.3 Å².